The van der Waals surface area contributed by atoms with Crippen molar-refractivity contribution >= 4 is 32.7 Å². The van der Waals surface area contributed by atoms with Crippen LogP contribution < -0.4 is 10.0 Å². The van der Waals surface area contributed by atoms with Crippen LogP contribution in [0.5, 0.6) is 0 Å². The van der Waals surface area contributed by atoms with Crippen LogP contribution in [0.4, 0.5) is 0 Å². The number of aromatic nitrogens is 1. The molecule has 1 aromatic carbocycles. The van der Waals surface area contributed by atoms with Crippen molar-refractivity contribution in [2.24, 2.45) is 0 Å². The summed E-state index contributed by atoms with van der Waals surface area (Å²) in [6.07, 6.45) is 3.06. The van der Waals surface area contributed by atoms with Gasteiger partial charge in [-0.15, -0.1) is 0 Å². The smallest absolute Gasteiger partial charge is 0.269 e. The molecule has 0 saturated carbocycles. The molecule has 0 unspecified atom stereocenters. The van der Waals surface area contributed by atoms with Gasteiger partial charge in [0.2, 0.25) is 15.9 Å². The first-order chi connectivity index (χ1) is 11.8. The summed E-state index contributed by atoms with van der Waals surface area (Å²) in [5.41, 5.74) is 1.14. The molecule has 0 fully saturated rings. The van der Waals surface area contributed by atoms with Crippen LogP contribution in [0, 0.1) is 0 Å². The maximum Gasteiger partial charge on any atom is 0.269 e. The van der Waals surface area contributed by atoms with Gasteiger partial charge in [-0.25, -0.2) is 13.4 Å². The number of rotatable bonds is 8. The molecule has 7 nitrogen and oxygen atoms in total. The highest BCUT2D eigenvalue weighted by Crippen LogP contribution is 2.11. The first kappa shape index (κ1) is 18.9. The number of benzene rings is 1. The Morgan fingerprint density at radius 1 is 1.04 bits per heavy atom. The lowest BCUT2D eigenvalue weighted by molar-refractivity contribution is -0.119. The number of sulfonamides is 1. The molecule has 0 radical (unpaired) electrons. The van der Waals surface area contributed by atoms with Gasteiger partial charge in [0.1, 0.15) is 5.69 Å². The molecule has 1 aromatic heterocycles. The average molecular weight is 363 g/mol. The molecule has 8 heteroatoms. The summed E-state index contributed by atoms with van der Waals surface area (Å²) >= 11 is 0. The Hall–Kier alpha value is -2.48. The molecule has 0 saturated heterocycles. The Morgan fingerprint density at radius 3 is 2.56 bits per heavy atom. The van der Waals surface area contributed by atoms with E-state index in [1.807, 2.05) is 35.1 Å². The molecule has 1 heterocycles. The Bertz CT molecular complexity index is 865. The molecule has 0 bridgehead atoms. The summed E-state index contributed by atoms with van der Waals surface area (Å²) in [5.74, 6) is -0.743. The summed E-state index contributed by atoms with van der Waals surface area (Å²) in [6.45, 7) is 0.473. The van der Waals surface area contributed by atoms with Crippen molar-refractivity contribution in [3.8, 4) is 0 Å². The summed E-state index contributed by atoms with van der Waals surface area (Å²) in [7, 11) is -3.49. The Balaban J connectivity index is 1.69. The maximum atomic E-state index is 12.1. The third-order valence-electron chi connectivity index (χ3n) is 3.50. The van der Waals surface area contributed by atoms with Crippen LogP contribution >= 0.6 is 0 Å². The fourth-order valence-electron chi connectivity index (χ4n) is 2.33. The Kier molecular flexibility index (Phi) is 6.46. The van der Waals surface area contributed by atoms with E-state index >= 15 is 0 Å². The second-order valence-electron chi connectivity index (χ2n) is 5.75. The van der Waals surface area contributed by atoms with E-state index in [9.17, 15) is 18.0 Å². The number of carbonyl (C=O) groups excluding carboxylic acids is 2. The van der Waals surface area contributed by atoms with Gasteiger partial charge in [-0.1, -0.05) is 30.7 Å². The zero-order chi connectivity index (χ0) is 18.3. The third-order valence-corrected chi connectivity index (χ3v) is 4.09. The van der Waals surface area contributed by atoms with Crippen molar-refractivity contribution in [3.05, 3.63) is 42.1 Å². The minimum Gasteiger partial charge on any atom is -0.351 e. The molecular weight excluding hydrogens is 342 g/mol. The highest BCUT2D eigenvalue weighted by atomic mass is 32.2. The third kappa shape index (κ3) is 6.50. The lowest BCUT2D eigenvalue weighted by atomic mass is 10.2. The van der Waals surface area contributed by atoms with Crippen LogP contribution in [0.1, 0.15) is 36.2 Å². The standard InChI is InChI=1S/C17H21N3O4S/c1-25(23,24)20-16(21)9-3-2-6-12-18-17(22)15-11-10-13-7-4-5-8-14(13)19-15/h4-5,7-8,10-11H,2-3,6,9,12H2,1H3,(H,18,22)(H,20,21). The minimum atomic E-state index is -3.49. The SMILES string of the molecule is CS(=O)(=O)NC(=O)CCCCCNC(=O)c1ccc2ccccc2n1. The van der Waals surface area contributed by atoms with Crippen LogP contribution in [-0.2, 0) is 14.8 Å². The number of pyridine rings is 1. The monoisotopic (exact) mass is 363 g/mol. The van der Waals surface area contributed by atoms with Gasteiger partial charge in [0.05, 0.1) is 11.8 Å². The molecule has 0 atom stereocenters. The van der Waals surface area contributed by atoms with Gasteiger partial charge >= 0.3 is 0 Å². The van der Waals surface area contributed by atoms with Gasteiger partial charge in [0.25, 0.3) is 5.91 Å². The van der Waals surface area contributed by atoms with Crippen molar-refractivity contribution in [2.45, 2.75) is 25.7 Å². The molecular formula is C17H21N3O4S. The van der Waals surface area contributed by atoms with Gasteiger partial charge < -0.3 is 5.32 Å². The number of para-hydroxylation sites is 1. The topological polar surface area (TPSA) is 105 Å². The molecule has 0 aliphatic carbocycles. The number of nitrogens with one attached hydrogen (secondary N) is 2. The molecule has 25 heavy (non-hydrogen) atoms. The number of hydrogen-bond acceptors (Lipinski definition) is 5. The summed E-state index contributed by atoms with van der Waals surface area (Å²) in [6, 6.07) is 11.1. The van der Waals surface area contributed by atoms with E-state index in [1.165, 1.54) is 0 Å². The first-order valence-electron chi connectivity index (χ1n) is 8.00. The first-order valence-corrected chi connectivity index (χ1v) is 9.89. The maximum absolute atomic E-state index is 12.1. The van der Waals surface area contributed by atoms with Gasteiger partial charge in [0, 0.05) is 18.4 Å². The number of carbonyl (C=O) groups is 2. The van der Waals surface area contributed by atoms with Crippen molar-refractivity contribution in [3.63, 3.8) is 0 Å². The van der Waals surface area contributed by atoms with E-state index in [4.69, 9.17) is 0 Å². The quantitative estimate of drug-likeness (QED) is 0.693. The number of nitrogens with zero attached hydrogens (tertiary/aromatic N) is 1. The lowest BCUT2D eigenvalue weighted by Crippen LogP contribution is -2.29. The molecule has 2 rings (SSSR count). The van der Waals surface area contributed by atoms with Crippen LogP contribution in [0.25, 0.3) is 10.9 Å². The van der Waals surface area contributed by atoms with Gasteiger partial charge in [-0.2, -0.15) is 0 Å². The van der Waals surface area contributed by atoms with E-state index in [2.05, 4.69) is 10.3 Å². The van der Waals surface area contributed by atoms with E-state index in [-0.39, 0.29) is 12.3 Å². The van der Waals surface area contributed by atoms with Crippen molar-refractivity contribution in [1.29, 1.82) is 0 Å². The van der Waals surface area contributed by atoms with Crippen LogP contribution in [0.3, 0.4) is 0 Å². The van der Waals surface area contributed by atoms with Gasteiger partial charge in [-0.3, -0.25) is 14.3 Å². The molecule has 0 aliphatic heterocycles. The average Bonchev–Trinajstić information content (AvgIpc) is 2.55. The fourth-order valence-corrected chi connectivity index (χ4v) is 2.85. The Labute approximate surface area is 146 Å². The number of unbranched alkanes of at least 4 members (excludes halogenated alkanes) is 2. The summed E-state index contributed by atoms with van der Waals surface area (Å²) in [5, 5.41) is 3.77. The van der Waals surface area contributed by atoms with E-state index in [0.717, 1.165) is 17.2 Å². The molecule has 2 aromatic rings. The van der Waals surface area contributed by atoms with Gasteiger partial charge in [-0.05, 0) is 25.0 Å². The Morgan fingerprint density at radius 2 is 1.80 bits per heavy atom. The predicted molar refractivity (Wildman–Crippen MR) is 95.5 cm³/mol. The van der Waals surface area contributed by atoms with Gasteiger partial charge in [0.15, 0.2) is 0 Å². The normalized spacial score (nSPS) is 11.2. The van der Waals surface area contributed by atoms with Crippen LogP contribution in [0.2, 0.25) is 0 Å². The van der Waals surface area contributed by atoms with E-state index in [1.54, 1.807) is 6.07 Å². The van der Waals surface area contributed by atoms with E-state index in [0.29, 0.717) is 31.5 Å². The predicted octanol–water partition coefficient (Wildman–Crippen LogP) is 1.60. The zero-order valence-corrected chi connectivity index (χ0v) is 14.8. The molecule has 0 aliphatic rings. The second-order valence-corrected chi connectivity index (χ2v) is 7.50. The molecule has 2 N–H and O–H groups in total. The molecule has 2 amide bonds. The van der Waals surface area contributed by atoms with Crippen molar-refractivity contribution in [1.82, 2.24) is 15.0 Å². The number of amides is 2. The number of hydrogen-bond donors (Lipinski definition) is 2. The zero-order valence-electron chi connectivity index (χ0n) is 14.0. The van der Waals surface area contributed by atoms with Crippen LogP contribution in [0.15, 0.2) is 36.4 Å². The molecule has 0 spiro atoms. The van der Waals surface area contributed by atoms with Crippen molar-refractivity contribution < 1.29 is 18.0 Å². The lowest BCUT2D eigenvalue weighted by Gasteiger charge is -2.06. The summed E-state index contributed by atoms with van der Waals surface area (Å²) < 4.78 is 23.7. The fraction of sp³-hybridized carbons (Fsp3) is 0.353. The largest absolute Gasteiger partial charge is 0.351 e. The summed E-state index contributed by atoms with van der Waals surface area (Å²) in [4.78, 5) is 27.7. The van der Waals surface area contributed by atoms with E-state index < -0.39 is 15.9 Å². The highest BCUT2D eigenvalue weighted by Gasteiger charge is 2.09. The molecule has 134 valence electrons. The van der Waals surface area contributed by atoms with Crippen LogP contribution in [-0.4, -0.2) is 38.0 Å². The number of fused-ring (bicyclic) bond motifs is 1. The highest BCUT2D eigenvalue weighted by molar-refractivity contribution is 7.89. The minimum absolute atomic E-state index is 0.146. The van der Waals surface area contributed by atoms with Crippen molar-refractivity contribution in [2.75, 3.05) is 12.8 Å². The second kappa shape index (κ2) is 8.57.